The molecule has 26 heavy (non-hydrogen) atoms. The van der Waals surface area contributed by atoms with Gasteiger partial charge in [-0.2, -0.15) is 5.10 Å². The van der Waals surface area contributed by atoms with E-state index in [0.29, 0.717) is 11.6 Å². The van der Waals surface area contributed by atoms with E-state index in [1.807, 2.05) is 17.0 Å². The summed E-state index contributed by atoms with van der Waals surface area (Å²) in [7, 11) is 1.72. The molecule has 2 aromatic rings. The minimum absolute atomic E-state index is 0.0712. The molecule has 1 aromatic carbocycles. The molecule has 1 saturated heterocycles. The summed E-state index contributed by atoms with van der Waals surface area (Å²) >= 11 is 0. The van der Waals surface area contributed by atoms with Crippen molar-refractivity contribution in [2.24, 2.45) is 5.92 Å². The van der Waals surface area contributed by atoms with E-state index in [4.69, 9.17) is 4.74 Å². The predicted octanol–water partition coefficient (Wildman–Crippen LogP) is 2.16. The molecule has 0 spiro atoms. The molecule has 0 atom stereocenters. The highest BCUT2D eigenvalue weighted by atomic mass is 16.5. The van der Waals surface area contributed by atoms with Crippen LogP contribution in [0.1, 0.15) is 40.2 Å². The number of hydrogen-bond acceptors (Lipinski definition) is 4. The number of para-hydroxylation sites is 1. The van der Waals surface area contributed by atoms with Crippen molar-refractivity contribution < 1.29 is 9.53 Å². The van der Waals surface area contributed by atoms with Crippen molar-refractivity contribution in [1.82, 2.24) is 20.4 Å². The number of likely N-dealkylation sites (tertiary alicyclic amines) is 1. The fourth-order valence-corrected chi connectivity index (χ4v) is 4.07. The van der Waals surface area contributed by atoms with Gasteiger partial charge in [-0.15, -0.1) is 0 Å². The van der Waals surface area contributed by atoms with Gasteiger partial charge in [0.05, 0.1) is 7.11 Å². The third-order valence-electron chi connectivity index (χ3n) is 5.61. The first-order valence-corrected chi connectivity index (χ1v) is 9.44. The largest absolute Gasteiger partial charge is 0.496 e. The highest BCUT2D eigenvalue weighted by molar-refractivity contribution is 5.94. The van der Waals surface area contributed by atoms with Crippen molar-refractivity contribution in [3.8, 4) is 5.75 Å². The number of ether oxygens (including phenoxy) is 1. The molecule has 1 aromatic heterocycles. The molecule has 4 rings (SSSR count). The van der Waals surface area contributed by atoms with Crippen molar-refractivity contribution in [2.45, 2.75) is 32.2 Å². The van der Waals surface area contributed by atoms with Gasteiger partial charge in [-0.1, -0.05) is 18.2 Å². The molecule has 0 unspecified atom stereocenters. The van der Waals surface area contributed by atoms with Gasteiger partial charge < -0.3 is 15.0 Å². The minimum atomic E-state index is 0.0712. The lowest BCUT2D eigenvalue weighted by Gasteiger charge is -2.32. The molecule has 2 aliphatic rings. The number of carbonyl (C=O) groups excluding carboxylic acids is 1. The zero-order chi connectivity index (χ0) is 17.9. The first-order chi connectivity index (χ1) is 12.8. The van der Waals surface area contributed by atoms with Gasteiger partial charge in [-0.3, -0.25) is 9.89 Å². The van der Waals surface area contributed by atoms with Crippen molar-refractivity contribution >= 4 is 5.91 Å². The lowest BCUT2D eigenvalue weighted by atomic mass is 9.89. The molecule has 3 heterocycles. The van der Waals surface area contributed by atoms with E-state index in [-0.39, 0.29) is 5.91 Å². The summed E-state index contributed by atoms with van der Waals surface area (Å²) in [6.07, 6.45) is 3.97. The SMILES string of the molecule is COc1ccccc1CC1CCN(C(=O)c2n[nH]c3c2CNCC3)CC1. The molecule has 1 amide bonds. The Labute approximate surface area is 153 Å². The number of H-pyrrole nitrogens is 1. The van der Waals surface area contributed by atoms with Crippen LogP contribution in [0.4, 0.5) is 0 Å². The van der Waals surface area contributed by atoms with Gasteiger partial charge in [0, 0.05) is 43.9 Å². The van der Waals surface area contributed by atoms with Crippen LogP contribution in [0.5, 0.6) is 5.75 Å². The third kappa shape index (κ3) is 3.33. The number of aromatic amines is 1. The predicted molar refractivity (Wildman–Crippen MR) is 99.3 cm³/mol. The Morgan fingerprint density at radius 3 is 2.92 bits per heavy atom. The number of piperidine rings is 1. The van der Waals surface area contributed by atoms with E-state index in [1.54, 1.807) is 7.11 Å². The van der Waals surface area contributed by atoms with Crippen LogP contribution >= 0.6 is 0 Å². The standard InChI is InChI=1S/C20H26N4O2/c1-26-18-5-3-2-4-15(18)12-14-7-10-24(11-8-14)20(25)19-16-13-21-9-6-17(16)22-23-19/h2-5,14,21H,6-13H2,1H3,(H,22,23). The van der Waals surface area contributed by atoms with Gasteiger partial charge in [0.25, 0.3) is 5.91 Å². The quantitative estimate of drug-likeness (QED) is 0.883. The second-order valence-corrected chi connectivity index (χ2v) is 7.21. The molecular formula is C20H26N4O2. The number of hydrogen-bond donors (Lipinski definition) is 2. The number of rotatable bonds is 4. The van der Waals surface area contributed by atoms with Gasteiger partial charge in [0.15, 0.2) is 5.69 Å². The first kappa shape index (κ1) is 17.1. The topological polar surface area (TPSA) is 70.2 Å². The molecule has 6 heteroatoms. The van der Waals surface area contributed by atoms with Crippen LogP contribution in [0.2, 0.25) is 0 Å². The number of amides is 1. The van der Waals surface area contributed by atoms with Crippen LogP contribution in [0.25, 0.3) is 0 Å². The van der Waals surface area contributed by atoms with Crippen molar-refractivity contribution in [1.29, 1.82) is 0 Å². The molecule has 2 aliphatic heterocycles. The summed E-state index contributed by atoms with van der Waals surface area (Å²) in [5.41, 5.74) is 4.03. The number of aromatic nitrogens is 2. The monoisotopic (exact) mass is 354 g/mol. The third-order valence-corrected chi connectivity index (χ3v) is 5.61. The number of methoxy groups -OCH3 is 1. The van der Waals surface area contributed by atoms with Crippen LogP contribution < -0.4 is 10.1 Å². The zero-order valence-electron chi connectivity index (χ0n) is 15.3. The van der Waals surface area contributed by atoms with E-state index < -0.39 is 0 Å². The van der Waals surface area contributed by atoms with Crippen molar-refractivity contribution in [3.05, 3.63) is 46.8 Å². The fourth-order valence-electron chi connectivity index (χ4n) is 4.07. The van der Waals surface area contributed by atoms with Crippen LogP contribution in [-0.4, -0.2) is 47.7 Å². The number of carbonyl (C=O) groups is 1. The minimum Gasteiger partial charge on any atom is -0.496 e. The molecule has 2 N–H and O–H groups in total. The van der Waals surface area contributed by atoms with Gasteiger partial charge in [-0.25, -0.2) is 0 Å². The lowest BCUT2D eigenvalue weighted by molar-refractivity contribution is 0.0683. The van der Waals surface area contributed by atoms with Crippen LogP contribution in [-0.2, 0) is 19.4 Å². The molecule has 0 aliphatic carbocycles. The molecular weight excluding hydrogens is 328 g/mol. The van der Waals surface area contributed by atoms with Gasteiger partial charge >= 0.3 is 0 Å². The Kier molecular flexibility index (Phi) is 4.93. The summed E-state index contributed by atoms with van der Waals surface area (Å²) in [5, 5.41) is 10.7. The summed E-state index contributed by atoms with van der Waals surface area (Å²) in [4.78, 5) is 14.9. The zero-order valence-corrected chi connectivity index (χ0v) is 15.3. The molecule has 6 nitrogen and oxygen atoms in total. The maximum atomic E-state index is 12.9. The lowest BCUT2D eigenvalue weighted by Crippen LogP contribution is -2.39. The Morgan fingerprint density at radius 1 is 1.31 bits per heavy atom. The number of nitrogens with one attached hydrogen (secondary N) is 2. The van der Waals surface area contributed by atoms with Gasteiger partial charge in [0.2, 0.25) is 0 Å². The number of benzene rings is 1. The summed E-state index contributed by atoms with van der Waals surface area (Å²) in [6.45, 7) is 3.27. The second-order valence-electron chi connectivity index (χ2n) is 7.21. The Morgan fingerprint density at radius 2 is 2.12 bits per heavy atom. The fraction of sp³-hybridized carbons (Fsp3) is 0.500. The summed E-state index contributed by atoms with van der Waals surface area (Å²) < 4.78 is 5.47. The molecule has 0 saturated carbocycles. The van der Waals surface area contributed by atoms with Gasteiger partial charge in [0.1, 0.15) is 5.75 Å². The average molecular weight is 354 g/mol. The highest BCUT2D eigenvalue weighted by Gasteiger charge is 2.29. The summed E-state index contributed by atoms with van der Waals surface area (Å²) in [5.74, 6) is 1.62. The Balaban J connectivity index is 1.37. The first-order valence-electron chi connectivity index (χ1n) is 9.44. The van der Waals surface area contributed by atoms with Crippen LogP contribution in [0, 0.1) is 5.92 Å². The number of nitrogens with zero attached hydrogens (tertiary/aromatic N) is 2. The average Bonchev–Trinajstić information content (AvgIpc) is 3.12. The Hall–Kier alpha value is -2.34. The summed E-state index contributed by atoms with van der Waals surface area (Å²) in [6, 6.07) is 8.22. The molecule has 0 radical (unpaired) electrons. The van der Waals surface area contributed by atoms with Crippen LogP contribution in [0.3, 0.4) is 0 Å². The van der Waals surface area contributed by atoms with E-state index in [1.165, 1.54) is 5.56 Å². The van der Waals surface area contributed by atoms with Gasteiger partial charge in [-0.05, 0) is 36.8 Å². The van der Waals surface area contributed by atoms with Crippen molar-refractivity contribution in [2.75, 3.05) is 26.7 Å². The second kappa shape index (κ2) is 7.50. The Bertz CT molecular complexity index is 778. The van der Waals surface area contributed by atoms with E-state index in [0.717, 1.165) is 68.9 Å². The number of fused-ring (bicyclic) bond motifs is 1. The molecule has 138 valence electrons. The highest BCUT2D eigenvalue weighted by Crippen LogP contribution is 2.27. The maximum absolute atomic E-state index is 12.9. The van der Waals surface area contributed by atoms with E-state index in [9.17, 15) is 4.79 Å². The van der Waals surface area contributed by atoms with E-state index in [2.05, 4.69) is 27.6 Å². The maximum Gasteiger partial charge on any atom is 0.274 e. The van der Waals surface area contributed by atoms with Crippen molar-refractivity contribution in [3.63, 3.8) is 0 Å². The molecule has 1 fully saturated rings. The smallest absolute Gasteiger partial charge is 0.274 e. The van der Waals surface area contributed by atoms with Crippen LogP contribution in [0.15, 0.2) is 24.3 Å². The normalized spacial score (nSPS) is 17.8. The van der Waals surface area contributed by atoms with E-state index >= 15 is 0 Å². The molecule has 0 bridgehead atoms.